The first-order valence-electron chi connectivity index (χ1n) is 13.4. The highest BCUT2D eigenvalue weighted by atomic mass is 16.4. The normalized spacial score (nSPS) is 11.8. The summed E-state index contributed by atoms with van der Waals surface area (Å²) in [6.07, 6.45) is -0.290. The molecule has 0 fully saturated rings. The van der Waals surface area contributed by atoms with Gasteiger partial charge >= 0.3 is 11.9 Å². The van der Waals surface area contributed by atoms with Crippen molar-refractivity contribution in [2.75, 3.05) is 5.32 Å². The summed E-state index contributed by atoms with van der Waals surface area (Å²) in [6.45, 7) is 0. The van der Waals surface area contributed by atoms with Crippen molar-refractivity contribution >= 4 is 57.4 Å². The molecule has 224 valence electrons. The summed E-state index contributed by atoms with van der Waals surface area (Å²) in [4.78, 5) is 71.5. The van der Waals surface area contributed by atoms with Crippen molar-refractivity contribution < 1.29 is 34.2 Å². The number of rotatable bonds is 11. The lowest BCUT2D eigenvalue weighted by molar-refractivity contribution is -0.140. The molecule has 0 saturated carbocycles. The third kappa shape index (κ3) is 6.38. The molecule has 0 bridgehead atoms. The van der Waals surface area contributed by atoms with E-state index in [1.807, 2.05) is 11.6 Å². The van der Waals surface area contributed by atoms with Gasteiger partial charge in [-0.25, -0.2) is 14.8 Å². The lowest BCUT2D eigenvalue weighted by Crippen LogP contribution is -2.41. The predicted molar refractivity (Wildman–Crippen MR) is 158 cm³/mol. The number of imidazole rings is 2. The zero-order chi connectivity index (χ0) is 31.5. The average Bonchev–Trinajstić information content (AvgIpc) is 3.54. The van der Waals surface area contributed by atoms with E-state index in [1.165, 1.54) is 24.3 Å². The summed E-state index contributed by atoms with van der Waals surface area (Å²) in [5.41, 5.74) is 9.45. The van der Waals surface area contributed by atoms with E-state index in [0.29, 0.717) is 51.4 Å². The number of aromatic nitrogens is 4. The summed E-state index contributed by atoms with van der Waals surface area (Å²) < 4.78 is 1.86. The number of fused-ring (bicyclic) bond motifs is 2. The van der Waals surface area contributed by atoms with Gasteiger partial charge in [0.15, 0.2) is 0 Å². The maximum Gasteiger partial charge on any atom is 0.326 e. The number of aryl methyl sites for hydroxylation is 1. The molecule has 14 heteroatoms. The summed E-state index contributed by atoms with van der Waals surface area (Å²) in [6, 6.07) is 14.6. The fourth-order valence-corrected chi connectivity index (χ4v) is 4.66. The summed E-state index contributed by atoms with van der Waals surface area (Å²) >= 11 is 0. The number of hydrogen-bond donors (Lipinski definition) is 6. The van der Waals surface area contributed by atoms with Gasteiger partial charge in [-0.1, -0.05) is 0 Å². The van der Waals surface area contributed by atoms with Crippen LogP contribution in [0.2, 0.25) is 0 Å². The molecule has 2 heterocycles. The van der Waals surface area contributed by atoms with Crippen molar-refractivity contribution in [2.45, 2.75) is 25.3 Å². The highest BCUT2D eigenvalue weighted by Gasteiger charge is 2.22. The van der Waals surface area contributed by atoms with E-state index in [0.717, 1.165) is 5.52 Å². The Bertz CT molecular complexity index is 1940. The number of aromatic amines is 1. The van der Waals surface area contributed by atoms with Gasteiger partial charge in [-0.2, -0.15) is 0 Å². The maximum absolute atomic E-state index is 13.0. The largest absolute Gasteiger partial charge is 0.481 e. The molecule has 44 heavy (non-hydrogen) atoms. The molecule has 3 amide bonds. The number of carboxylic acid groups (broad SMARTS) is 2. The number of nitrogens with two attached hydrogens (primary N) is 1. The molecular weight excluding hydrogens is 570 g/mol. The Balaban J connectivity index is 1.26. The van der Waals surface area contributed by atoms with E-state index in [2.05, 4.69) is 25.6 Å². The number of primary amides is 1. The van der Waals surface area contributed by atoms with E-state index in [-0.39, 0.29) is 12.0 Å². The monoisotopic (exact) mass is 597 g/mol. The number of benzene rings is 3. The van der Waals surface area contributed by atoms with Crippen molar-refractivity contribution in [1.29, 1.82) is 0 Å². The van der Waals surface area contributed by atoms with Gasteiger partial charge < -0.3 is 36.1 Å². The Morgan fingerprint density at radius 2 is 1.57 bits per heavy atom. The van der Waals surface area contributed by atoms with Crippen molar-refractivity contribution in [3.05, 3.63) is 89.0 Å². The van der Waals surface area contributed by atoms with Gasteiger partial charge in [-0.3, -0.25) is 19.2 Å². The predicted octanol–water partition coefficient (Wildman–Crippen LogP) is 2.44. The topological polar surface area (TPSA) is 222 Å². The van der Waals surface area contributed by atoms with Gasteiger partial charge in [0.2, 0.25) is 5.91 Å². The fraction of sp³-hybridized carbons (Fsp3) is 0.167. The van der Waals surface area contributed by atoms with Crippen molar-refractivity contribution in [1.82, 2.24) is 24.8 Å². The first kappa shape index (κ1) is 29.4. The van der Waals surface area contributed by atoms with E-state index >= 15 is 0 Å². The molecule has 0 aliphatic rings. The molecule has 0 aliphatic heterocycles. The second-order valence-corrected chi connectivity index (χ2v) is 10.1. The summed E-state index contributed by atoms with van der Waals surface area (Å²) in [5, 5.41) is 23.1. The van der Waals surface area contributed by atoms with Crippen LogP contribution in [0.1, 0.15) is 55.6 Å². The number of carboxylic acids is 2. The summed E-state index contributed by atoms with van der Waals surface area (Å²) in [7, 11) is 1.83. The van der Waals surface area contributed by atoms with Gasteiger partial charge in [-0.15, -0.1) is 0 Å². The molecule has 3 aromatic carbocycles. The number of nitrogens with zero attached hydrogens (tertiary/aromatic N) is 3. The molecule has 14 nitrogen and oxygen atoms in total. The minimum atomic E-state index is -1.35. The number of carbonyl (C=O) groups excluding carboxylic acids is 3. The van der Waals surface area contributed by atoms with Crippen molar-refractivity contribution in [3.8, 4) is 0 Å². The number of hydrogen-bond acceptors (Lipinski definition) is 7. The standard InChI is InChI=1S/C30H27N7O7/c1-37-23-13-17(5-9-20(23)35-25(37)14-24-33-19-8-4-16(27(31)40)12-22(19)34-24)29(42)32-18-6-2-15(3-7-18)28(41)36-21(30(43)44)10-11-26(38)39/h2-9,12-13,21H,10-11,14H2,1H3,(H2,31,40)(H,32,42)(H,33,34)(H,36,41)(H,38,39)(H,43,44)/t21-/m0/s1. The highest BCUT2D eigenvalue weighted by molar-refractivity contribution is 6.06. The van der Waals surface area contributed by atoms with E-state index in [9.17, 15) is 29.1 Å². The van der Waals surface area contributed by atoms with Gasteiger partial charge in [0.1, 0.15) is 17.7 Å². The molecular formula is C30H27N7O7. The van der Waals surface area contributed by atoms with Crippen LogP contribution in [0.15, 0.2) is 60.7 Å². The second kappa shape index (κ2) is 12.1. The van der Waals surface area contributed by atoms with E-state index in [1.54, 1.807) is 36.4 Å². The Kier molecular flexibility index (Phi) is 8.06. The molecule has 2 aromatic heterocycles. The van der Waals surface area contributed by atoms with E-state index < -0.39 is 42.1 Å². The minimum Gasteiger partial charge on any atom is -0.481 e. The Morgan fingerprint density at radius 1 is 0.886 bits per heavy atom. The Hall–Kier alpha value is -6.05. The van der Waals surface area contributed by atoms with Crippen LogP contribution in [0, 0.1) is 0 Å². The smallest absolute Gasteiger partial charge is 0.326 e. The number of carbonyl (C=O) groups is 5. The Labute approximate surface area is 248 Å². The molecule has 5 aromatic rings. The van der Waals surface area contributed by atoms with Crippen LogP contribution in [0.4, 0.5) is 5.69 Å². The van der Waals surface area contributed by atoms with Crippen LogP contribution in [-0.4, -0.2) is 65.4 Å². The van der Waals surface area contributed by atoms with Crippen LogP contribution >= 0.6 is 0 Å². The molecule has 0 saturated heterocycles. The van der Waals surface area contributed by atoms with Crippen LogP contribution in [0.25, 0.3) is 22.1 Å². The van der Waals surface area contributed by atoms with Crippen LogP contribution in [0.5, 0.6) is 0 Å². The molecule has 0 aliphatic carbocycles. The Morgan fingerprint density at radius 3 is 2.25 bits per heavy atom. The maximum atomic E-state index is 13.0. The first-order valence-corrected chi connectivity index (χ1v) is 13.4. The summed E-state index contributed by atoms with van der Waals surface area (Å²) in [5.74, 6) is -2.76. The van der Waals surface area contributed by atoms with Gasteiger partial charge in [0.05, 0.1) is 28.5 Å². The average molecular weight is 598 g/mol. The van der Waals surface area contributed by atoms with Crippen LogP contribution in [-0.2, 0) is 23.1 Å². The first-order chi connectivity index (χ1) is 21.0. The fourth-order valence-electron chi connectivity index (χ4n) is 4.66. The number of anilines is 1. The van der Waals surface area contributed by atoms with Crippen LogP contribution in [0.3, 0.4) is 0 Å². The molecule has 0 unspecified atom stereocenters. The SMILES string of the molecule is Cn1c(Cc2nc3ccc(C(N)=O)cc3[nH]2)nc2ccc(C(=O)Nc3ccc(C(=O)N[C@@H](CCC(=O)O)C(=O)O)cc3)cc21. The molecule has 0 radical (unpaired) electrons. The van der Waals surface area contributed by atoms with Crippen molar-refractivity contribution in [2.24, 2.45) is 12.8 Å². The molecule has 1 atom stereocenters. The quantitative estimate of drug-likeness (QED) is 0.131. The van der Waals surface area contributed by atoms with Crippen molar-refractivity contribution in [3.63, 3.8) is 0 Å². The number of H-pyrrole nitrogens is 1. The molecule has 7 N–H and O–H groups in total. The van der Waals surface area contributed by atoms with Crippen LogP contribution < -0.4 is 16.4 Å². The second-order valence-electron chi connectivity index (χ2n) is 10.1. The van der Waals surface area contributed by atoms with Gasteiger partial charge in [-0.05, 0) is 67.1 Å². The zero-order valence-electron chi connectivity index (χ0n) is 23.3. The zero-order valence-corrected chi connectivity index (χ0v) is 23.3. The van der Waals surface area contributed by atoms with Gasteiger partial charge in [0.25, 0.3) is 11.8 Å². The third-order valence-corrected chi connectivity index (χ3v) is 7.03. The number of aliphatic carboxylic acids is 2. The highest BCUT2D eigenvalue weighted by Crippen LogP contribution is 2.21. The van der Waals surface area contributed by atoms with E-state index in [4.69, 9.17) is 10.8 Å². The lowest BCUT2D eigenvalue weighted by Gasteiger charge is -2.14. The third-order valence-electron chi connectivity index (χ3n) is 7.03. The minimum absolute atomic E-state index is 0.145. The van der Waals surface area contributed by atoms with Gasteiger partial charge in [0, 0.05) is 35.8 Å². The lowest BCUT2D eigenvalue weighted by atomic mass is 10.1. The number of amides is 3. The molecule has 0 spiro atoms. The number of nitrogens with one attached hydrogen (secondary N) is 3. The molecule has 5 rings (SSSR count).